The summed E-state index contributed by atoms with van der Waals surface area (Å²) >= 11 is 0. The summed E-state index contributed by atoms with van der Waals surface area (Å²) in [5.74, 6) is -0.764. The average Bonchev–Trinajstić information content (AvgIpc) is 2.90. The van der Waals surface area contributed by atoms with Crippen LogP contribution in [0.2, 0.25) is 0 Å². The molecule has 3 aromatic rings. The topological polar surface area (TPSA) is 163 Å². The summed E-state index contributed by atoms with van der Waals surface area (Å²) in [6, 6.07) is 17.4. The zero-order valence-corrected chi connectivity index (χ0v) is 23.3. The molecule has 3 aromatic carbocycles. The molecule has 5 rings (SSSR count). The number of anilines is 1. The zero-order chi connectivity index (χ0) is 30.3. The van der Waals surface area contributed by atoms with Gasteiger partial charge in [0.25, 0.3) is 11.6 Å². The summed E-state index contributed by atoms with van der Waals surface area (Å²) in [6.07, 6.45) is 0.942. The highest BCUT2D eigenvalue weighted by molar-refractivity contribution is 7.90. The number of aryl methyl sites for hydroxylation is 1. The lowest BCUT2D eigenvalue weighted by Crippen LogP contribution is -2.15. The molecule has 2 aliphatic rings. The van der Waals surface area contributed by atoms with Crippen molar-refractivity contribution >= 4 is 44.1 Å². The van der Waals surface area contributed by atoms with Crippen LogP contribution in [0.4, 0.5) is 11.4 Å². The molecule has 0 fully saturated rings. The number of benzene rings is 4. The first kappa shape index (κ1) is 28.2. The maximum absolute atomic E-state index is 13.1. The minimum absolute atomic E-state index is 0.226. The molecule has 1 N–H and O–H groups in total. The van der Waals surface area contributed by atoms with Crippen molar-refractivity contribution in [2.45, 2.75) is 18.7 Å². The van der Waals surface area contributed by atoms with Crippen LogP contribution in [0.3, 0.4) is 0 Å². The van der Waals surface area contributed by atoms with Gasteiger partial charge in [0.15, 0.2) is 15.3 Å². The first-order valence-electron chi connectivity index (χ1n) is 12.4. The molecule has 1 aliphatic heterocycles. The van der Waals surface area contributed by atoms with Crippen LogP contribution in [0.25, 0.3) is 33.4 Å². The summed E-state index contributed by atoms with van der Waals surface area (Å²) in [5.41, 5.74) is 2.32. The third-order valence-corrected chi connectivity index (χ3v) is 7.63. The Bertz CT molecular complexity index is 2080. The van der Waals surface area contributed by atoms with Gasteiger partial charge in [-0.05, 0) is 66.6 Å². The fourth-order valence-corrected chi connectivity index (χ4v) is 5.32. The molecule has 12 heteroatoms. The van der Waals surface area contributed by atoms with Crippen molar-refractivity contribution in [3.8, 4) is 28.2 Å². The number of nitro benzene ring substituents is 1. The quantitative estimate of drug-likeness (QED) is 0.0907. The van der Waals surface area contributed by atoms with E-state index in [1.807, 2.05) is 0 Å². The summed E-state index contributed by atoms with van der Waals surface area (Å²) in [5, 5.41) is 14.8. The number of carbonyl (C=O) groups excluding carboxylic acids is 2. The Morgan fingerprint density at radius 2 is 1.69 bits per heavy atom. The second-order valence-corrected chi connectivity index (χ2v) is 11.6. The number of rotatable bonds is 6. The van der Waals surface area contributed by atoms with E-state index in [9.17, 15) is 32.9 Å². The van der Waals surface area contributed by atoms with Crippen LogP contribution in [0.5, 0.6) is 5.75 Å². The van der Waals surface area contributed by atoms with Gasteiger partial charge < -0.3 is 14.5 Å². The number of ether oxygens (including phenoxy) is 1. The first-order chi connectivity index (χ1) is 19.8. The van der Waals surface area contributed by atoms with Crippen LogP contribution in [-0.2, 0) is 14.6 Å². The van der Waals surface area contributed by atoms with Crippen molar-refractivity contribution in [3.63, 3.8) is 0 Å². The van der Waals surface area contributed by atoms with Crippen LogP contribution in [0.15, 0.2) is 86.9 Å². The first-order valence-corrected chi connectivity index (χ1v) is 14.3. The van der Waals surface area contributed by atoms with Crippen molar-refractivity contribution in [1.29, 1.82) is 0 Å². The van der Waals surface area contributed by atoms with Crippen molar-refractivity contribution in [2.75, 3.05) is 11.6 Å². The van der Waals surface area contributed by atoms with Crippen molar-refractivity contribution < 1.29 is 32.1 Å². The van der Waals surface area contributed by atoms with Crippen molar-refractivity contribution in [2.24, 2.45) is 0 Å². The Kier molecular flexibility index (Phi) is 7.08. The van der Waals surface area contributed by atoms with Gasteiger partial charge in [0.05, 0.1) is 9.82 Å². The number of fused-ring (bicyclic) bond motifs is 2. The SMILES string of the molecule is CC(=O)Oc1ccc2c(-c3ccc(NC(=O)c4cc(S(C)(=O)=O)ccc4[N+](=O)[O-])cc3C)c3ccc(=O)cc-3oc2c1. The Morgan fingerprint density at radius 1 is 0.952 bits per heavy atom. The molecule has 0 unspecified atom stereocenters. The molecule has 0 spiro atoms. The van der Waals surface area contributed by atoms with Gasteiger partial charge in [0.2, 0.25) is 0 Å². The molecule has 1 aliphatic carbocycles. The normalized spacial score (nSPS) is 11.4. The molecule has 0 saturated heterocycles. The van der Waals surface area contributed by atoms with Crippen LogP contribution in [0.1, 0.15) is 22.8 Å². The van der Waals surface area contributed by atoms with Crippen LogP contribution >= 0.6 is 0 Å². The molecular weight excluding hydrogens is 564 g/mol. The highest BCUT2D eigenvalue weighted by Crippen LogP contribution is 2.42. The lowest BCUT2D eigenvalue weighted by molar-refractivity contribution is -0.385. The number of hydrogen-bond acceptors (Lipinski definition) is 9. The lowest BCUT2D eigenvalue weighted by Gasteiger charge is -2.18. The molecule has 0 radical (unpaired) electrons. The number of nitrogens with one attached hydrogen (secondary N) is 1. The maximum atomic E-state index is 13.1. The number of nitro groups is 1. The Hall–Kier alpha value is -5.36. The second-order valence-electron chi connectivity index (χ2n) is 9.58. The van der Waals surface area contributed by atoms with Gasteiger partial charge >= 0.3 is 5.97 Å². The standard InChI is InChI=1S/C30H22N2O9S/c1-16-12-18(31-30(35)25-15-21(42(3,38)39)7-11-26(25)32(36)37)4-8-22(16)29-23-9-5-19(34)13-27(23)41-28-14-20(40-17(2)33)6-10-24(28)29/h4-15H,1-3H3,(H,31,35). The highest BCUT2D eigenvalue weighted by Gasteiger charge is 2.24. The van der Waals surface area contributed by atoms with Crippen molar-refractivity contribution in [1.82, 2.24) is 0 Å². The predicted molar refractivity (Wildman–Crippen MR) is 155 cm³/mol. The number of amides is 1. The molecule has 0 aromatic heterocycles. The molecule has 0 atom stereocenters. The monoisotopic (exact) mass is 586 g/mol. The smallest absolute Gasteiger partial charge is 0.308 e. The van der Waals surface area contributed by atoms with Gasteiger partial charge in [-0.1, -0.05) is 6.07 Å². The Balaban J connectivity index is 1.59. The average molecular weight is 587 g/mol. The number of esters is 1. The summed E-state index contributed by atoms with van der Waals surface area (Å²) in [4.78, 5) is 47.2. The van der Waals surface area contributed by atoms with Gasteiger partial charge in [-0.3, -0.25) is 24.5 Å². The Morgan fingerprint density at radius 3 is 2.36 bits per heavy atom. The highest BCUT2D eigenvalue weighted by atomic mass is 32.2. The molecule has 0 bridgehead atoms. The molecule has 0 saturated carbocycles. The predicted octanol–water partition coefficient (Wildman–Crippen LogP) is 5.36. The summed E-state index contributed by atoms with van der Waals surface area (Å²) in [6.45, 7) is 3.08. The van der Waals surface area contributed by atoms with Gasteiger partial charge in [-0.25, -0.2) is 8.42 Å². The number of hydrogen-bond donors (Lipinski definition) is 1. The molecule has 212 valence electrons. The van der Waals surface area contributed by atoms with Crippen LogP contribution < -0.4 is 15.5 Å². The third-order valence-electron chi connectivity index (χ3n) is 6.52. The van der Waals surface area contributed by atoms with E-state index < -0.39 is 37.9 Å². The van der Waals surface area contributed by atoms with E-state index in [1.165, 1.54) is 19.1 Å². The molecule has 42 heavy (non-hydrogen) atoms. The molecule has 1 heterocycles. The van der Waals surface area contributed by atoms with E-state index in [-0.39, 0.29) is 16.1 Å². The van der Waals surface area contributed by atoms with Gasteiger partial charge in [0, 0.05) is 53.6 Å². The van der Waals surface area contributed by atoms with Crippen LogP contribution in [0, 0.1) is 17.0 Å². The van der Waals surface area contributed by atoms with E-state index in [0.717, 1.165) is 35.6 Å². The van der Waals surface area contributed by atoms with Gasteiger partial charge in [0.1, 0.15) is 22.7 Å². The lowest BCUT2D eigenvalue weighted by atomic mass is 9.91. The molecule has 1 amide bonds. The molecular formula is C30H22N2O9S. The van der Waals surface area contributed by atoms with E-state index in [1.54, 1.807) is 49.4 Å². The van der Waals surface area contributed by atoms with E-state index in [2.05, 4.69) is 5.32 Å². The fourth-order valence-electron chi connectivity index (χ4n) is 4.68. The number of sulfone groups is 1. The number of carbonyl (C=O) groups is 2. The summed E-state index contributed by atoms with van der Waals surface area (Å²) < 4.78 is 35.2. The summed E-state index contributed by atoms with van der Waals surface area (Å²) in [7, 11) is -3.72. The van der Waals surface area contributed by atoms with Gasteiger partial charge in [-0.2, -0.15) is 0 Å². The molecule has 11 nitrogen and oxygen atoms in total. The van der Waals surface area contributed by atoms with E-state index in [0.29, 0.717) is 33.5 Å². The second kappa shape index (κ2) is 10.6. The Labute approximate surface area is 238 Å². The van der Waals surface area contributed by atoms with Crippen molar-refractivity contribution in [3.05, 3.63) is 104 Å². The van der Waals surface area contributed by atoms with Crippen LogP contribution in [-0.4, -0.2) is 31.5 Å². The zero-order valence-electron chi connectivity index (χ0n) is 22.5. The van der Waals surface area contributed by atoms with E-state index in [4.69, 9.17) is 9.15 Å². The maximum Gasteiger partial charge on any atom is 0.308 e. The fraction of sp³-hybridized carbons (Fsp3) is 0.100. The largest absolute Gasteiger partial charge is 0.456 e. The number of nitrogens with zero attached hydrogens (tertiary/aromatic N) is 1. The third kappa shape index (κ3) is 5.47. The minimum Gasteiger partial charge on any atom is -0.456 e. The van der Waals surface area contributed by atoms with E-state index >= 15 is 0 Å². The minimum atomic E-state index is -3.72. The van der Waals surface area contributed by atoms with Gasteiger partial charge in [-0.15, -0.1) is 0 Å².